The van der Waals surface area contributed by atoms with Crippen molar-refractivity contribution in [3.05, 3.63) is 47.1 Å². The van der Waals surface area contributed by atoms with Gasteiger partial charge in [0.25, 0.3) is 5.91 Å². The second-order valence-electron chi connectivity index (χ2n) is 7.86. The van der Waals surface area contributed by atoms with Gasteiger partial charge in [-0.1, -0.05) is 22.9 Å². The van der Waals surface area contributed by atoms with E-state index in [1.165, 1.54) is 30.8 Å². The van der Waals surface area contributed by atoms with Crippen LogP contribution in [0.4, 0.5) is 10.9 Å². The molecule has 0 unspecified atom stereocenters. The van der Waals surface area contributed by atoms with Crippen molar-refractivity contribution in [2.24, 2.45) is 5.92 Å². The molecule has 0 atom stereocenters. The van der Waals surface area contributed by atoms with E-state index in [-0.39, 0.29) is 23.6 Å². The Morgan fingerprint density at radius 1 is 1.21 bits per heavy atom. The number of nitrogens with zero attached hydrogens (tertiary/aromatic N) is 6. The number of aromatic nitrogens is 5. The van der Waals surface area contributed by atoms with Crippen LogP contribution in [0.15, 0.2) is 30.7 Å². The minimum atomic E-state index is -0.384. The first kappa shape index (κ1) is 22.4. The molecule has 2 N–H and O–H groups in total. The molecule has 4 aromatic rings. The van der Waals surface area contributed by atoms with Crippen LogP contribution in [-0.2, 0) is 0 Å². The third kappa shape index (κ3) is 4.25. The molecule has 1 amide bonds. The summed E-state index contributed by atoms with van der Waals surface area (Å²) in [5.41, 5.74) is 2.76. The van der Waals surface area contributed by atoms with Crippen LogP contribution in [-0.4, -0.2) is 62.7 Å². The van der Waals surface area contributed by atoms with Crippen LogP contribution >= 0.6 is 22.9 Å². The normalized spacial score (nSPS) is 13.7. The number of methoxy groups -OCH3 is 1. The van der Waals surface area contributed by atoms with Crippen LogP contribution in [0.2, 0.25) is 5.15 Å². The molecule has 1 aliphatic heterocycles. The summed E-state index contributed by atoms with van der Waals surface area (Å²) in [6, 6.07) is 3.44. The SMILES string of the molecule is COc1cnc(Cl)cc1-c1cc(C)ncc1C(=O)Nc1nc2ncc(N3CC(CO)C3)nc2s1. The van der Waals surface area contributed by atoms with Crippen molar-refractivity contribution in [1.29, 1.82) is 0 Å². The first-order valence-corrected chi connectivity index (χ1v) is 11.6. The number of anilines is 2. The second kappa shape index (κ2) is 9.09. The number of hydrogen-bond acceptors (Lipinski definition) is 10. The molecule has 174 valence electrons. The first-order valence-electron chi connectivity index (χ1n) is 10.4. The molecule has 5 heterocycles. The van der Waals surface area contributed by atoms with Crippen molar-refractivity contribution in [1.82, 2.24) is 24.9 Å². The minimum absolute atomic E-state index is 0.163. The maximum absolute atomic E-state index is 13.2. The number of amides is 1. The summed E-state index contributed by atoms with van der Waals surface area (Å²) in [6.45, 7) is 3.48. The number of thiazole rings is 1. The van der Waals surface area contributed by atoms with Crippen LogP contribution < -0.4 is 15.0 Å². The van der Waals surface area contributed by atoms with E-state index < -0.39 is 0 Å². The van der Waals surface area contributed by atoms with E-state index in [1.54, 1.807) is 18.3 Å². The van der Waals surface area contributed by atoms with Gasteiger partial charge in [0.05, 0.1) is 25.1 Å². The summed E-state index contributed by atoms with van der Waals surface area (Å²) in [5, 5.41) is 12.7. The number of aliphatic hydroxyl groups excluding tert-OH is 1. The van der Waals surface area contributed by atoms with Crippen molar-refractivity contribution in [3.63, 3.8) is 0 Å². The highest BCUT2D eigenvalue weighted by Crippen LogP contribution is 2.34. The van der Waals surface area contributed by atoms with Gasteiger partial charge >= 0.3 is 0 Å². The minimum Gasteiger partial charge on any atom is -0.494 e. The second-order valence-corrected chi connectivity index (χ2v) is 9.23. The molecule has 0 aliphatic carbocycles. The zero-order chi connectivity index (χ0) is 23.8. The fourth-order valence-corrected chi connectivity index (χ4v) is 4.66. The standard InChI is InChI=1S/C22H20ClN7O3S/c1-11-3-13(14-4-17(23)25-6-16(14)33-2)15(5-24-11)20(32)29-22-28-19-21(34-22)27-18(7-26-19)30-8-12(9-30)10-31/h3-7,12,31H,8-10H2,1-2H3,(H,26,28,29,32). The van der Waals surface area contributed by atoms with Gasteiger partial charge in [-0.05, 0) is 19.1 Å². The van der Waals surface area contributed by atoms with Crippen LogP contribution in [0.25, 0.3) is 21.6 Å². The van der Waals surface area contributed by atoms with E-state index in [4.69, 9.17) is 16.3 Å². The summed E-state index contributed by atoms with van der Waals surface area (Å²) < 4.78 is 5.43. The molecule has 1 fully saturated rings. The molecule has 0 spiro atoms. The third-order valence-electron chi connectivity index (χ3n) is 5.50. The van der Waals surface area contributed by atoms with E-state index in [9.17, 15) is 9.90 Å². The molecular weight excluding hydrogens is 478 g/mol. The van der Waals surface area contributed by atoms with Crippen LogP contribution in [0, 0.1) is 12.8 Å². The van der Waals surface area contributed by atoms with Gasteiger partial charge in [0.2, 0.25) is 0 Å². The topological polar surface area (TPSA) is 126 Å². The quantitative estimate of drug-likeness (QED) is 0.386. The Bertz CT molecular complexity index is 1390. The van der Waals surface area contributed by atoms with Gasteiger partial charge in [0.1, 0.15) is 16.7 Å². The number of ether oxygens (including phenoxy) is 1. The van der Waals surface area contributed by atoms with Crippen molar-refractivity contribution in [2.75, 3.05) is 37.0 Å². The molecule has 1 aliphatic rings. The number of pyridine rings is 2. The lowest BCUT2D eigenvalue weighted by molar-refractivity contribution is 0.102. The number of fused-ring (bicyclic) bond motifs is 1. The molecule has 0 radical (unpaired) electrons. The van der Waals surface area contributed by atoms with Crippen LogP contribution in [0.5, 0.6) is 5.75 Å². The number of carbonyl (C=O) groups is 1. The predicted molar refractivity (Wildman–Crippen MR) is 130 cm³/mol. The van der Waals surface area contributed by atoms with Crippen LogP contribution in [0.3, 0.4) is 0 Å². The van der Waals surface area contributed by atoms with Gasteiger partial charge in [0.15, 0.2) is 15.6 Å². The highest BCUT2D eigenvalue weighted by Gasteiger charge is 2.27. The smallest absolute Gasteiger partial charge is 0.259 e. The van der Waals surface area contributed by atoms with Gasteiger partial charge in [-0.15, -0.1) is 0 Å². The Balaban J connectivity index is 1.43. The van der Waals surface area contributed by atoms with Crippen LogP contribution in [0.1, 0.15) is 16.1 Å². The molecule has 12 heteroatoms. The summed E-state index contributed by atoms with van der Waals surface area (Å²) in [6.07, 6.45) is 4.68. The summed E-state index contributed by atoms with van der Waals surface area (Å²) >= 11 is 7.35. The third-order valence-corrected chi connectivity index (χ3v) is 6.56. The fourth-order valence-electron chi connectivity index (χ4n) is 3.71. The zero-order valence-electron chi connectivity index (χ0n) is 18.3. The molecule has 5 rings (SSSR count). The molecule has 34 heavy (non-hydrogen) atoms. The lowest BCUT2D eigenvalue weighted by Crippen LogP contribution is -2.48. The molecule has 4 aromatic heterocycles. The number of halogens is 1. The molecule has 0 saturated carbocycles. The lowest BCUT2D eigenvalue weighted by atomic mass is 10.0. The van der Waals surface area contributed by atoms with Crippen molar-refractivity contribution in [3.8, 4) is 16.9 Å². The maximum atomic E-state index is 13.2. The Labute approximate surface area is 203 Å². The van der Waals surface area contributed by atoms with Gasteiger partial charge in [0, 0.05) is 48.6 Å². The summed E-state index contributed by atoms with van der Waals surface area (Å²) in [5.74, 6) is 1.09. The largest absolute Gasteiger partial charge is 0.494 e. The monoisotopic (exact) mass is 497 g/mol. The average molecular weight is 498 g/mol. The maximum Gasteiger partial charge on any atom is 0.259 e. The number of hydrogen-bond donors (Lipinski definition) is 2. The Morgan fingerprint density at radius 2 is 2.03 bits per heavy atom. The highest BCUT2D eigenvalue weighted by atomic mass is 35.5. The fraction of sp³-hybridized carbons (Fsp3) is 0.273. The molecular formula is C22H20ClN7O3S. The number of aryl methyl sites for hydroxylation is 1. The predicted octanol–water partition coefficient (Wildman–Crippen LogP) is 3.19. The van der Waals surface area contributed by atoms with Gasteiger partial charge in [-0.3, -0.25) is 15.1 Å². The Kier molecular flexibility index (Phi) is 5.98. The number of carbonyl (C=O) groups excluding carboxylic acids is 1. The van der Waals surface area contributed by atoms with Gasteiger partial charge in [-0.25, -0.2) is 15.0 Å². The van der Waals surface area contributed by atoms with Gasteiger partial charge < -0.3 is 14.7 Å². The van der Waals surface area contributed by atoms with E-state index in [0.717, 1.165) is 24.6 Å². The first-order chi connectivity index (χ1) is 16.4. The van der Waals surface area contributed by atoms with E-state index in [0.29, 0.717) is 38.0 Å². The van der Waals surface area contributed by atoms with E-state index in [1.807, 2.05) is 11.8 Å². The Morgan fingerprint density at radius 3 is 2.79 bits per heavy atom. The van der Waals surface area contributed by atoms with E-state index in [2.05, 4.69) is 30.2 Å². The van der Waals surface area contributed by atoms with Gasteiger partial charge in [-0.2, -0.15) is 4.98 Å². The number of rotatable bonds is 6. The number of nitrogens with one attached hydrogen (secondary N) is 1. The van der Waals surface area contributed by atoms with Crippen molar-refractivity contribution >= 4 is 50.3 Å². The average Bonchev–Trinajstić information content (AvgIpc) is 3.19. The lowest BCUT2D eigenvalue weighted by Gasteiger charge is -2.38. The zero-order valence-corrected chi connectivity index (χ0v) is 19.9. The molecule has 10 nitrogen and oxygen atoms in total. The highest BCUT2D eigenvalue weighted by molar-refractivity contribution is 7.21. The van der Waals surface area contributed by atoms with Crippen molar-refractivity contribution in [2.45, 2.75) is 6.92 Å². The molecule has 0 aromatic carbocycles. The van der Waals surface area contributed by atoms with Crippen molar-refractivity contribution < 1.29 is 14.6 Å². The number of aliphatic hydroxyl groups is 1. The Hall–Kier alpha value is -3.41. The molecule has 0 bridgehead atoms. The van der Waals surface area contributed by atoms with E-state index >= 15 is 0 Å². The molecule has 1 saturated heterocycles. The summed E-state index contributed by atoms with van der Waals surface area (Å²) in [4.78, 5) is 37.6. The summed E-state index contributed by atoms with van der Waals surface area (Å²) in [7, 11) is 1.53.